The molecular formula is C25H25NO5. The van der Waals surface area contributed by atoms with Crippen molar-refractivity contribution in [2.75, 3.05) is 13.7 Å². The summed E-state index contributed by atoms with van der Waals surface area (Å²) in [5.41, 5.74) is 2.58. The van der Waals surface area contributed by atoms with E-state index in [1.807, 2.05) is 18.2 Å². The van der Waals surface area contributed by atoms with Gasteiger partial charge < -0.3 is 14.8 Å². The lowest BCUT2D eigenvalue weighted by molar-refractivity contribution is -0.146. The monoisotopic (exact) mass is 419 g/mol. The number of amides is 1. The number of nitrogens with one attached hydrogen (secondary N) is 1. The fraction of sp³-hybridized carbons (Fsp3) is 0.320. The van der Waals surface area contributed by atoms with Crippen molar-refractivity contribution in [2.45, 2.75) is 25.3 Å². The highest BCUT2D eigenvalue weighted by Crippen LogP contribution is 2.52. The van der Waals surface area contributed by atoms with Gasteiger partial charge >= 0.3 is 11.9 Å². The van der Waals surface area contributed by atoms with Gasteiger partial charge in [0.1, 0.15) is 0 Å². The first-order chi connectivity index (χ1) is 14.9. The molecule has 31 heavy (non-hydrogen) atoms. The predicted octanol–water partition coefficient (Wildman–Crippen LogP) is 3.38. The molecule has 2 unspecified atom stereocenters. The fourth-order valence-corrected chi connectivity index (χ4v) is 4.66. The minimum atomic E-state index is -0.893. The zero-order chi connectivity index (χ0) is 22.0. The Hall–Kier alpha value is -3.41. The minimum absolute atomic E-state index is 0.151. The number of hydrogen-bond donors (Lipinski definition) is 1. The highest BCUT2D eigenvalue weighted by atomic mass is 16.5. The largest absolute Gasteiger partial charge is 0.467 e. The van der Waals surface area contributed by atoms with Gasteiger partial charge in [0.15, 0.2) is 6.04 Å². The standard InChI is InChI=1S/C25H25NO5/c1-16-12-20-15-31-24(29)25(20,13-16)14-17-8-10-19(11-9-17)22(27)26-21(23(28)30-2)18-6-4-3-5-7-18/h3-11,20-21H,1,12-15H2,2H3,(H,26,27)/t20?,21-,25?/m1/s1. The zero-order valence-electron chi connectivity index (χ0n) is 17.4. The van der Waals surface area contributed by atoms with E-state index in [1.54, 1.807) is 36.4 Å². The third-order valence-electron chi connectivity index (χ3n) is 6.29. The summed E-state index contributed by atoms with van der Waals surface area (Å²) < 4.78 is 10.2. The van der Waals surface area contributed by atoms with Crippen molar-refractivity contribution in [2.24, 2.45) is 11.3 Å². The zero-order valence-corrected chi connectivity index (χ0v) is 17.4. The molecule has 1 N–H and O–H groups in total. The summed E-state index contributed by atoms with van der Waals surface area (Å²) >= 11 is 0. The summed E-state index contributed by atoms with van der Waals surface area (Å²) in [5, 5.41) is 2.74. The molecule has 1 aliphatic carbocycles. The van der Waals surface area contributed by atoms with Gasteiger partial charge in [-0.05, 0) is 42.5 Å². The molecule has 6 heteroatoms. The van der Waals surface area contributed by atoms with Crippen LogP contribution in [0.3, 0.4) is 0 Å². The molecule has 2 aliphatic rings. The molecular weight excluding hydrogens is 394 g/mol. The van der Waals surface area contributed by atoms with E-state index in [2.05, 4.69) is 11.9 Å². The Balaban J connectivity index is 1.49. The van der Waals surface area contributed by atoms with Gasteiger partial charge in [-0.25, -0.2) is 4.79 Å². The van der Waals surface area contributed by atoms with Crippen LogP contribution < -0.4 is 5.32 Å². The van der Waals surface area contributed by atoms with Crippen molar-refractivity contribution < 1.29 is 23.9 Å². The van der Waals surface area contributed by atoms with E-state index >= 15 is 0 Å². The Kier molecular flexibility index (Phi) is 5.63. The number of rotatable bonds is 6. The maximum Gasteiger partial charge on any atom is 0.333 e. The average molecular weight is 419 g/mol. The lowest BCUT2D eigenvalue weighted by Crippen LogP contribution is -2.34. The molecule has 1 saturated heterocycles. The first-order valence-corrected chi connectivity index (χ1v) is 10.3. The lowest BCUT2D eigenvalue weighted by Gasteiger charge is -2.24. The van der Waals surface area contributed by atoms with Crippen LogP contribution >= 0.6 is 0 Å². The van der Waals surface area contributed by atoms with E-state index in [0.29, 0.717) is 30.6 Å². The molecule has 2 fully saturated rings. The molecule has 1 saturated carbocycles. The van der Waals surface area contributed by atoms with E-state index < -0.39 is 17.4 Å². The molecule has 2 aromatic carbocycles. The fourth-order valence-electron chi connectivity index (χ4n) is 4.66. The second-order valence-electron chi connectivity index (χ2n) is 8.30. The van der Waals surface area contributed by atoms with Crippen LogP contribution in [0.25, 0.3) is 0 Å². The maximum absolute atomic E-state index is 12.8. The minimum Gasteiger partial charge on any atom is -0.467 e. The predicted molar refractivity (Wildman–Crippen MR) is 114 cm³/mol. The van der Waals surface area contributed by atoms with Gasteiger partial charge in [-0.1, -0.05) is 54.6 Å². The summed E-state index contributed by atoms with van der Waals surface area (Å²) in [6.07, 6.45) is 2.03. The van der Waals surface area contributed by atoms with Gasteiger partial charge in [0, 0.05) is 11.5 Å². The van der Waals surface area contributed by atoms with Gasteiger partial charge in [-0.15, -0.1) is 0 Å². The number of cyclic esters (lactones) is 1. The second-order valence-corrected chi connectivity index (χ2v) is 8.30. The van der Waals surface area contributed by atoms with E-state index in [4.69, 9.17) is 9.47 Å². The Morgan fingerprint density at radius 2 is 1.90 bits per heavy atom. The van der Waals surface area contributed by atoms with Crippen LogP contribution in [0, 0.1) is 11.3 Å². The smallest absolute Gasteiger partial charge is 0.333 e. The number of methoxy groups -OCH3 is 1. The topological polar surface area (TPSA) is 81.7 Å². The van der Waals surface area contributed by atoms with Crippen molar-refractivity contribution in [3.8, 4) is 0 Å². The number of benzene rings is 2. The number of fused-ring (bicyclic) bond motifs is 1. The van der Waals surface area contributed by atoms with E-state index in [0.717, 1.165) is 17.6 Å². The molecule has 4 rings (SSSR count). The van der Waals surface area contributed by atoms with Crippen LogP contribution in [0.1, 0.15) is 40.4 Å². The Morgan fingerprint density at radius 3 is 2.58 bits per heavy atom. The van der Waals surface area contributed by atoms with Crippen molar-refractivity contribution in [3.05, 3.63) is 83.4 Å². The number of esters is 2. The highest BCUT2D eigenvalue weighted by Gasteiger charge is 2.55. The number of hydrogen-bond acceptors (Lipinski definition) is 5. The van der Waals surface area contributed by atoms with Crippen LogP contribution in [0.2, 0.25) is 0 Å². The number of carbonyl (C=O) groups excluding carboxylic acids is 3. The van der Waals surface area contributed by atoms with E-state index in [-0.39, 0.29) is 17.8 Å². The van der Waals surface area contributed by atoms with Crippen LogP contribution in [0.15, 0.2) is 66.7 Å². The molecule has 0 aromatic heterocycles. The van der Waals surface area contributed by atoms with Crippen molar-refractivity contribution in [3.63, 3.8) is 0 Å². The Bertz CT molecular complexity index is 1010. The normalized spacial score (nSPS) is 23.1. The summed E-state index contributed by atoms with van der Waals surface area (Å²) in [6, 6.07) is 15.2. The maximum atomic E-state index is 12.8. The quantitative estimate of drug-likeness (QED) is 0.573. The molecule has 160 valence electrons. The van der Waals surface area contributed by atoms with Crippen molar-refractivity contribution >= 4 is 17.8 Å². The summed E-state index contributed by atoms with van der Waals surface area (Å²) in [7, 11) is 1.29. The second kappa shape index (κ2) is 8.38. The summed E-state index contributed by atoms with van der Waals surface area (Å²) in [4.78, 5) is 37.5. The van der Waals surface area contributed by atoms with Gasteiger partial charge in [0.25, 0.3) is 5.91 Å². The third-order valence-corrected chi connectivity index (χ3v) is 6.29. The molecule has 0 spiro atoms. The third kappa shape index (κ3) is 3.98. The molecule has 1 amide bonds. The van der Waals surface area contributed by atoms with E-state index in [9.17, 15) is 14.4 Å². The first-order valence-electron chi connectivity index (χ1n) is 10.3. The Morgan fingerprint density at radius 1 is 1.19 bits per heavy atom. The molecule has 2 aromatic rings. The van der Waals surface area contributed by atoms with Crippen LogP contribution in [0.4, 0.5) is 0 Å². The van der Waals surface area contributed by atoms with Crippen LogP contribution in [-0.4, -0.2) is 31.6 Å². The van der Waals surface area contributed by atoms with Crippen LogP contribution in [-0.2, 0) is 25.5 Å². The highest BCUT2D eigenvalue weighted by molar-refractivity contribution is 5.97. The lowest BCUT2D eigenvalue weighted by atomic mass is 9.75. The van der Waals surface area contributed by atoms with E-state index in [1.165, 1.54) is 7.11 Å². The van der Waals surface area contributed by atoms with Gasteiger partial charge in [-0.3, -0.25) is 9.59 Å². The molecule has 3 atom stereocenters. The number of carbonyl (C=O) groups is 3. The number of ether oxygens (including phenoxy) is 2. The average Bonchev–Trinajstić information content (AvgIpc) is 3.26. The van der Waals surface area contributed by atoms with Crippen molar-refractivity contribution in [1.82, 2.24) is 5.32 Å². The Labute approximate surface area is 181 Å². The first kappa shape index (κ1) is 20.8. The molecule has 0 radical (unpaired) electrons. The van der Waals surface area contributed by atoms with Gasteiger partial charge in [0.05, 0.1) is 19.1 Å². The molecule has 1 heterocycles. The van der Waals surface area contributed by atoms with Crippen molar-refractivity contribution in [1.29, 1.82) is 0 Å². The van der Waals surface area contributed by atoms with Gasteiger partial charge in [-0.2, -0.15) is 0 Å². The molecule has 6 nitrogen and oxygen atoms in total. The van der Waals surface area contributed by atoms with Gasteiger partial charge in [0.2, 0.25) is 0 Å². The molecule has 1 aliphatic heterocycles. The summed E-state index contributed by atoms with van der Waals surface area (Å²) in [5.74, 6) is -0.900. The molecule has 0 bridgehead atoms. The SMILES string of the molecule is C=C1CC2COC(=O)C2(Cc2ccc(C(=O)N[C@@H](C(=O)OC)c3ccccc3)cc2)C1. The van der Waals surface area contributed by atoms with Crippen LogP contribution in [0.5, 0.6) is 0 Å². The summed E-state index contributed by atoms with van der Waals surface area (Å²) in [6.45, 7) is 4.52. The number of allylic oxidation sites excluding steroid dienone is 1.